The van der Waals surface area contributed by atoms with Crippen LogP contribution in [0.2, 0.25) is 5.02 Å². The summed E-state index contributed by atoms with van der Waals surface area (Å²) in [6.07, 6.45) is 0. The second-order valence-electron chi connectivity index (χ2n) is 3.84. The van der Waals surface area contributed by atoms with Crippen molar-refractivity contribution in [1.29, 1.82) is 0 Å². The third-order valence-electron chi connectivity index (χ3n) is 2.65. The standard InChI is InChI=1S/C13H10ClN3/c14-10-2-1-3-11-12(10)17-13(16-11)8-4-6-9(15)7-5-8/h1-7H,15H2,(H,16,17). The van der Waals surface area contributed by atoms with E-state index < -0.39 is 0 Å². The van der Waals surface area contributed by atoms with Gasteiger partial charge in [0.15, 0.2) is 0 Å². The predicted molar refractivity (Wildman–Crippen MR) is 71.0 cm³/mol. The molecule has 2 aromatic carbocycles. The average molecular weight is 244 g/mol. The van der Waals surface area contributed by atoms with Crippen LogP contribution >= 0.6 is 11.6 Å². The van der Waals surface area contributed by atoms with Crippen molar-refractivity contribution in [2.24, 2.45) is 0 Å². The van der Waals surface area contributed by atoms with E-state index >= 15 is 0 Å². The molecule has 3 aromatic rings. The average Bonchev–Trinajstić information content (AvgIpc) is 2.75. The summed E-state index contributed by atoms with van der Waals surface area (Å²) in [5, 5.41) is 0.677. The van der Waals surface area contributed by atoms with Gasteiger partial charge in [0, 0.05) is 11.3 Å². The number of aromatic nitrogens is 2. The molecule has 0 amide bonds. The molecular weight excluding hydrogens is 234 g/mol. The molecule has 0 unspecified atom stereocenters. The number of fused-ring (bicyclic) bond motifs is 1. The number of anilines is 1. The summed E-state index contributed by atoms with van der Waals surface area (Å²) >= 11 is 6.09. The highest BCUT2D eigenvalue weighted by molar-refractivity contribution is 6.34. The minimum Gasteiger partial charge on any atom is -0.399 e. The lowest BCUT2D eigenvalue weighted by atomic mass is 10.2. The zero-order valence-electron chi connectivity index (χ0n) is 8.94. The summed E-state index contributed by atoms with van der Waals surface area (Å²) in [5.74, 6) is 0.799. The SMILES string of the molecule is Nc1ccc(-c2nc3cccc(Cl)c3[nH]2)cc1. The van der Waals surface area contributed by atoms with Gasteiger partial charge in [-0.1, -0.05) is 17.7 Å². The Bertz CT molecular complexity index is 671. The summed E-state index contributed by atoms with van der Waals surface area (Å²) in [5.41, 5.74) is 9.11. The van der Waals surface area contributed by atoms with Gasteiger partial charge < -0.3 is 10.7 Å². The van der Waals surface area contributed by atoms with Crippen molar-refractivity contribution in [3.8, 4) is 11.4 Å². The van der Waals surface area contributed by atoms with Crippen LogP contribution in [0.15, 0.2) is 42.5 Å². The number of nitrogens with zero attached hydrogens (tertiary/aromatic N) is 1. The van der Waals surface area contributed by atoms with Crippen LogP contribution in [0.1, 0.15) is 0 Å². The molecule has 0 saturated heterocycles. The van der Waals surface area contributed by atoms with Crippen LogP contribution in [0.25, 0.3) is 22.4 Å². The zero-order chi connectivity index (χ0) is 11.8. The van der Waals surface area contributed by atoms with Crippen LogP contribution in [0.5, 0.6) is 0 Å². The molecule has 0 bridgehead atoms. The molecule has 1 heterocycles. The van der Waals surface area contributed by atoms with Gasteiger partial charge in [-0.3, -0.25) is 0 Å². The quantitative estimate of drug-likeness (QED) is 0.643. The van der Waals surface area contributed by atoms with Crippen molar-refractivity contribution < 1.29 is 0 Å². The van der Waals surface area contributed by atoms with E-state index in [0.29, 0.717) is 5.02 Å². The highest BCUT2D eigenvalue weighted by atomic mass is 35.5. The maximum atomic E-state index is 6.09. The molecule has 84 valence electrons. The van der Waals surface area contributed by atoms with Crippen molar-refractivity contribution in [2.45, 2.75) is 0 Å². The van der Waals surface area contributed by atoms with Gasteiger partial charge in [-0.2, -0.15) is 0 Å². The lowest BCUT2D eigenvalue weighted by Gasteiger charge is -1.96. The molecule has 3 rings (SSSR count). The van der Waals surface area contributed by atoms with Gasteiger partial charge in [-0.15, -0.1) is 0 Å². The molecule has 3 nitrogen and oxygen atoms in total. The number of nitrogens with two attached hydrogens (primary N) is 1. The van der Waals surface area contributed by atoms with E-state index in [1.54, 1.807) is 0 Å². The Morgan fingerprint density at radius 2 is 1.82 bits per heavy atom. The number of hydrogen-bond acceptors (Lipinski definition) is 2. The largest absolute Gasteiger partial charge is 0.399 e. The number of para-hydroxylation sites is 1. The first kappa shape index (κ1) is 10.2. The number of halogens is 1. The molecule has 3 N–H and O–H groups in total. The zero-order valence-corrected chi connectivity index (χ0v) is 9.70. The van der Waals surface area contributed by atoms with Gasteiger partial charge in [-0.05, 0) is 36.4 Å². The van der Waals surface area contributed by atoms with Gasteiger partial charge in [0.25, 0.3) is 0 Å². The van der Waals surface area contributed by atoms with Crippen molar-refractivity contribution in [1.82, 2.24) is 9.97 Å². The predicted octanol–water partition coefficient (Wildman–Crippen LogP) is 3.47. The summed E-state index contributed by atoms with van der Waals surface area (Å²) < 4.78 is 0. The Balaban J connectivity index is 2.18. The van der Waals surface area contributed by atoms with Gasteiger partial charge in [0.1, 0.15) is 5.82 Å². The van der Waals surface area contributed by atoms with E-state index in [2.05, 4.69) is 9.97 Å². The fourth-order valence-electron chi connectivity index (χ4n) is 1.77. The number of benzene rings is 2. The normalized spacial score (nSPS) is 10.9. The molecule has 17 heavy (non-hydrogen) atoms. The van der Waals surface area contributed by atoms with E-state index in [1.165, 1.54) is 0 Å². The number of hydrogen-bond donors (Lipinski definition) is 2. The minimum atomic E-state index is 0.677. The summed E-state index contributed by atoms with van der Waals surface area (Å²) in [6, 6.07) is 13.2. The number of aromatic amines is 1. The Labute approximate surface area is 103 Å². The topological polar surface area (TPSA) is 54.7 Å². The Kier molecular flexibility index (Phi) is 2.27. The third-order valence-corrected chi connectivity index (χ3v) is 2.97. The first-order valence-corrected chi connectivity index (χ1v) is 5.62. The number of nitrogen functional groups attached to an aromatic ring is 1. The molecule has 0 aliphatic rings. The van der Waals surface area contributed by atoms with Crippen LogP contribution in [-0.2, 0) is 0 Å². The van der Waals surface area contributed by atoms with Gasteiger partial charge >= 0.3 is 0 Å². The van der Waals surface area contributed by atoms with Crippen molar-refractivity contribution in [2.75, 3.05) is 5.73 Å². The van der Waals surface area contributed by atoms with E-state index in [-0.39, 0.29) is 0 Å². The number of nitrogens with one attached hydrogen (secondary N) is 1. The van der Waals surface area contributed by atoms with E-state index in [0.717, 1.165) is 28.1 Å². The van der Waals surface area contributed by atoms with Crippen LogP contribution in [0.3, 0.4) is 0 Å². The Morgan fingerprint density at radius 1 is 1.06 bits per heavy atom. The first-order valence-electron chi connectivity index (χ1n) is 5.24. The lowest BCUT2D eigenvalue weighted by Crippen LogP contribution is -1.84. The van der Waals surface area contributed by atoms with Crippen molar-refractivity contribution in [3.05, 3.63) is 47.5 Å². The van der Waals surface area contributed by atoms with Gasteiger partial charge in [0.2, 0.25) is 0 Å². The van der Waals surface area contributed by atoms with Crippen molar-refractivity contribution in [3.63, 3.8) is 0 Å². The lowest BCUT2D eigenvalue weighted by molar-refractivity contribution is 1.34. The van der Waals surface area contributed by atoms with E-state index in [9.17, 15) is 0 Å². The van der Waals surface area contributed by atoms with Crippen LogP contribution in [0, 0.1) is 0 Å². The second kappa shape index (κ2) is 3.79. The molecule has 0 radical (unpaired) electrons. The number of H-pyrrole nitrogens is 1. The Hall–Kier alpha value is -2.00. The molecule has 0 aliphatic heterocycles. The Morgan fingerprint density at radius 3 is 2.53 bits per heavy atom. The first-order chi connectivity index (χ1) is 8.24. The maximum absolute atomic E-state index is 6.09. The smallest absolute Gasteiger partial charge is 0.138 e. The summed E-state index contributed by atoms with van der Waals surface area (Å²) in [4.78, 5) is 7.71. The molecule has 4 heteroatoms. The second-order valence-corrected chi connectivity index (χ2v) is 4.25. The molecule has 0 atom stereocenters. The highest BCUT2D eigenvalue weighted by Gasteiger charge is 2.06. The van der Waals surface area contributed by atoms with E-state index in [1.807, 2.05) is 42.5 Å². The molecule has 0 fully saturated rings. The minimum absolute atomic E-state index is 0.677. The summed E-state index contributed by atoms with van der Waals surface area (Å²) in [6.45, 7) is 0. The highest BCUT2D eigenvalue weighted by Crippen LogP contribution is 2.25. The van der Waals surface area contributed by atoms with Gasteiger partial charge in [-0.25, -0.2) is 4.98 Å². The maximum Gasteiger partial charge on any atom is 0.138 e. The third kappa shape index (κ3) is 1.74. The fraction of sp³-hybridized carbons (Fsp3) is 0. The molecular formula is C13H10ClN3. The number of imidazole rings is 1. The summed E-state index contributed by atoms with van der Waals surface area (Å²) in [7, 11) is 0. The fourth-order valence-corrected chi connectivity index (χ4v) is 1.99. The number of rotatable bonds is 1. The van der Waals surface area contributed by atoms with Crippen molar-refractivity contribution >= 4 is 28.3 Å². The monoisotopic (exact) mass is 243 g/mol. The molecule has 0 spiro atoms. The molecule has 0 saturated carbocycles. The van der Waals surface area contributed by atoms with Crippen LogP contribution in [0.4, 0.5) is 5.69 Å². The van der Waals surface area contributed by atoms with E-state index in [4.69, 9.17) is 17.3 Å². The van der Waals surface area contributed by atoms with Crippen LogP contribution in [-0.4, -0.2) is 9.97 Å². The molecule has 0 aliphatic carbocycles. The van der Waals surface area contributed by atoms with Gasteiger partial charge in [0.05, 0.1) is 16.1 Å². The van der Waals surface area contributed by atoms with Crippen LogP contribution < -0.4 is 5.73 Å². The molecule has 1 aromatic heterocycles.